The summed E-state index contributed by atoms with van der Waals surface area (Å²) in [6, 6.07) is 0. The molecule has 1 rings (SSSR count). The van der Waals surface area contributed by atoms with Crippen molar-refractivity contribution in [2.45, 2.75) is 31.7 Å². The Kier molecular flexibility index (Phi) is 2.46. The van der Waals surface area contributed by atoms with Gasteiger partial charge >= 0.3 is 5.97 Å². The van der Waals surface area contributed by atoms with E-state index < -0.39 is 18.2 Å². The molecular formula is C7H12O4. The Balaban J connectivity index is 2.64. The maximum Gasteiger partial charge on any atom is 0.338 e. The summed E-state index contributed by atoms with van der Waals surface area (Å²) >= 11 is 0. The molecule has 0 aromatic heterocycles. The van der Waals surface area contributed by atoms with Gasteiger partial charge in [0.1, 0.15) is 12.2 Å². The fraction of sp³-hybridized carbons (Fsp3) is 0.857. The summed E-state index contributed by atoms with van der Waals surface area (Å²) < 4.78 is 9.71. The molecule has 3 unspecified atom stereocenters. The molecule has 0 bridgehead atoms. The number of carbonyl (C=O) groups is 1. The fourth-order valence-corrected chi connectivity index (χ4v) is 1.22. The fourth-order valence-electron chi connectivity index (χ4n) is 1.22. The molecule has 0 aromatic carbocycles. The van der Waals surface area contributed by atoms with Gasteiger partial charge in [-0.25, -0.2) is 4.79 Å². The van der Waals surface area contributed by atoms with Crippen LogP contribution < -0.4 is 0 Å². The number of carbonyl (C=O) groups excluding carboxylic acids is 1. The van der Waals surface area contributed by atoms with E-state index >= 15 is 0 Å². The van der Waals surface area contributed by atoms with Crippen LogP contribution in [0.5, 0.6) is 0 Å². The monoisotopic (exact) mass is 160 g/mol. The van der Waals surface area contributed by atoms with Crippen molar-refractivity contribution >= 4 is 5.97 Å². The Morgan fingerprint density at radius 1 is 1.73 bits per heavy atom. The highest BCUT2D eigenvalue weighted by Crippen LogP contribution is 2.20. The van der Waals surface area contributed by atoms with E-state index in [4.69, 9.17) is 14.6 Å². The van der Waals surface area contributed by atoms with E-state index in [0.717, 1.165) is 0 Å². The average molecular weight is 160 g/mol. The molecule has 0 radical (unpaired) electrons. The van der Waals surface area contributed by atoms with Crippen LogP contribution in [0.25, 0.3) is 0 Å². The van der Waals surface area contributed by atoms with E-state index in [2.05, 4.69) is 0 Å². The van der Waals surface area contributed by atoms with Gasteiger partial charge in [-0.2, -0.15) is 0 Å². The topological polar surface area (TPSA) is 55.8 Å². The molecule has 0 aliphatic carbocycles. The zero-order chi connectivity index (χ0) is 8.43. The lowest BCUT2D eigenvalue weighted by Gasteiger charge is -2.14. The van der Waals surface area contributed by atoms with Crippen LogP contribution in [0.4, 0.5) is 0 Å². The molecule has 4 heteroatoms. The molecule has 1 heterocycles. The Hall–Kier alpha value is -0.610. The van der Waals surface area contributed by atoms with Crippen molar-refractivity contribution in [3.63, 3.8) is 0 Å². The second kappa shape index (κ2) is 3.19. The van der Waals surface area contributed by atoms with Gasteiger partial charge in [-0.05, 0) is 6.42 Å². The van der Waals surface area contributed by atoms with Gasteiger partial charge in [0.2, 0.25) is 0 Å². The molecule has 1 aliphatic rings. The molecule has 1 fully saturated rings. The minimum absolute atomic E-state index is 0.289. The number of ether oxygens (including phenoxy) is 2. The first-order valence-corrected chi connectivity index (χ1v) is 3.62. The van der Waals surface area contributed by atoms with Gasteiger partial charge in [-0.3, -0.25) is 0 Å². The Morgan fingerprint density at radius 3 is 2.73 bits per heavy atom. The van der Waals surface area contributed by atoms with Crippen molar-refractivity contribution in [1.82, 2.24) is 0 Å². The lowest BCUT2D eigenvalue weighted by Crippen LogP contribution is -2.32. The first-order valence-electron chi connectivity index (χ1n) is 3.62. The quantitative estimate of drug-likeness (QED) is 0.563. The van der Waals surface area contributed by atoms with E-state index in [1.807, 2.05) is 6.92 Å². The van der Waals surface area contributed by atoms with Gasteiger partial charge in [-0.15, -0.1) is 0 Å². The van der Waals surface area contributed by atoms with Gasteiger partial charge in [0.05, 0.1) is 0 Å². The summed E-state index contributed by atoms with van der Waals surface area (Å²) in [6.45, 7) is 1.88. The van der Waals surface area contributed by atoms with Gasteiger partial charge in [0.15, 0.2) is 6.10 Å². The number of cyclic esters (lactones) is 1. The number of hydrogen-bond acceptors (Lipinski definition) is 4. The molecule has 1 saturated heterocycles. The van der Waals surface area contributed by atoms with Crippen LogP contribution in [0.2, 0.25) is 0 Å². The minimum atomic E-state index is -1.11. The van der Waals surface area contributed by atoms with Crippen LogP contribution in [-0.4, -0.2) is 36.5 Å². The van der Waals surface area contributed by atoms with E-state index in [1.165, 1.54) is 7.11 Å². The molecule has 3 atom stereocenters. The number of methoxy groups -OCH3 is 1. The zero-order valence-electron chi connectivity index (χ0n) is 6.61. The smallest absolute Gasteiger partial charge is 0.338 e. The first-order chi connectivity index (χ1) is 5.20. The average Bonchev–Trinajstić information content (AvgIpc) is 2.28. The largest absolute Gasteiger partial charge is 0.457 e. The first kappa shape index (κ1) is 8.49. The second-order valence-corrected chi connectivity index (χ2v) is 2.53. The summed E-state index contributed by atoms with van der Waals surface area (Å²) in [5, 5.41) is 9.16. The highest BCUT2D eigenvalue weighted by molar-refractivity contribution is 5.77. The van der Waals surface area contributed by atoms with Crippen molar-refractivity contribution in [3.05, 3.63) is 0 Å². The molecular weight excluding hydrogens is 148 g/mol. The number of hydrogen-bond donors (Lipinski definition) is 1. The van der Waals surface area contributed by atoms with Gasteiger partial charge in [0, 0.05) is 7.11 Å². The Labute approximate surface area is 65.1 Å². The highest BCUT2D eigenvalue weighted by atomic mass is 16.6. The predicted molar refractivity (Wildman–Crippen MR) is 37.0 cm³/mol. The summed E-state index contributed by atoms with van der Waals surface area (Å²) in [5.74, 6) is -0.580. The predicted octanol–water partition coefficient (Wildman–Crippen LogP) is -0.302. The molecule has 4 nitrogen and oxygen atoms in total. The number of rotatable bonds is 2. The van der Waals surface area contributed by atoms with Crippen LogP contribution >= 0.6 is 0 Å². The molecule has 0 saturated carbocycles. The Bertz CT molecular complexity index is 157. The normalized spacial score (nSPS) is 37.4. The van der Waals surface area contributed by atoms with Crippen molar-refractivity contribution in [3.8, 4) is 0 Å². The minimum Gasteiger partial charge on any atom is -0.457 e. The summed E-state index contributed by atoms with van der Waals surface area (Å²) in [6.07, 6.45) is -1.22. The standard InChI is InChI=1S/C7H12O4/c1-3-4-6(10-2)5(8)7(9)11-4/h4-6,8H,3H2,1-2H3. The zero-order valence-corrected chi connectivity index (χ0v) is 6.61. The SMILES string of the molecule is CCC1OC(=O)C(O)C1OC. The summed E-state index contributed by atoms with van der Waals surface area (Å²) in [7, 11) is 1.46. The van der Waals surface area contributed by atoms with E-state index in [-0.39, 0.29) is 6.10 Å². The van der Waals surface area contributed by atoms with Crippen molar-refractivity contribution < 1.29 is 19.4 Å². The molecule has 0 amide bonds. The van der Waals surface area contributed by atoms with Crippen molar-refractivity contribution in [2.24, 2.45) is 0 Å². The highest BCUT2D eigenvalue weighted by Gasteiger charge is 2.42. The lowest BCUT2D eigenvalue weighted by molar-refractivity contribution is -0.147. The third-order valence-corrected chi connectivity index (χ3v) is 1.86. The third-order valence-electron chi connectivity index (χ3n) is 1.86. The maximum atomic E-state index is 10.8. The number of aliphatic hydroxyl groups excluding tert-OH is 1. The molecule has 11 heavy (non-hydrogen) atoms. The van der Waals surface area contributed by atoms with Crippen molar-refractivity contribution in [1.29, 1.82) is 0 Å². The summed E-state index contributed by atoms with van der Waals surface area (Å²) in [5.41, 5.74) is 0. The lowest BCUT2D eigenvalue weighted by atomic mass is 10.1. The molecule has 0 aromatic rings. The van der Waals surface area contributed by atoms with Crippen LogP contribution in [0.3, 0.4) is 0 Å². The molecule has 1 aliphatic heterocycles. The van der Waals surface area contributed by atoms with Gasteiger partial charge < -0.3 is 14.6 Å². The number of aliphatic hydroxyl groups is 1. The van der Waals surface area contributed by atoms with E-state index in [1.54, 1.807) is 0 Å². The second-order valence-electron chi connectivity index (χ2n) is 2.53. The van der Waals surface area contributed by atoms with Gasteiger partial charge in [-0.1, -0.05) is 6.92 Å². The third kappa shape index (κ3) is 1.36. The van der Waals surface area contributed by atoms with Gasteiger partial charge in [0.25, 0.3) is 0 Å². The van der Waals surface area contributed by atoms with E-state index in [9.17, 15) is 4.79 Å². The van der Waals surface area contributed by atoms with Crippen LogP contribution in [0, 0.1) is 0 Å². The summed E-state index contributed by atoms with van der Waals surface area (Å²) in [4.78, 5) is 10.8. The van der Waals surface area contributed by atoms with E-state index in [0.29, 0.717) is 6.42 Å². The van der Waals surface area contributed by atoms with Crippen LogP contribution in [0.1, 0.15) is 13.3 Å². The molecule has 64 valence electrons. The molecule has 1 N–H and O–H groups in total. The molecule has 0 spiro atoms. The van der Waals surface area contributed by atoms with Crippen LogP contribution in [0.15, 0.2) is 0 Å². The Morgan fingerprint density at radius 2 is 2.36 bits per heavy atom. The number of esters is 1. The van der Waals surface area contributed by atoms with Crippen molar-refractivity contribution in [2.75, 3.05) is 7.11 Å². The maximum absolute atomic E-state index is 10.8. The van der Waals surface area contributed by atoms with Crippen LogP contribution in [-0.2, 0) is 14.3 Å².